The number of nitrogens with zero attached hydrogens (tertiary/aromatic N) is 5. The predicted molar refractivity (Wildman–Crippen MR) is 106 cm³/mol. The molecule has 0 atom stereocenters. The van der Waals surface area contributed by atoms with Gasteiger partial charge in [0.15, 0.2) is 11.6 Å². The third-order valence-corrected chi connectivity index (χ3v) is 5.54. The van der Waals surface area contributed by atoms with Gasteiger partial charge in [0, 0.05) is 18.3 Å². The van der Waals surface area contributed by atoms with Gasteiger partial charge in [0.2, 0.25) is 0 Å². The maximum Gasteiger partial charge on any atom is 0.420 e. The van der Waals surface area contributed by atoms with Gasteiger partial charge in [0.25, 0.3) is 0 Å². The third kappa shape index (κ3) is 3.60. The summed E-state index contributed by atoms with van der Waals surface area (Å²) < 4.78 is 57.1. The first kappa shape index (κ1) is 19.8. The number of imidazole rings is 1. The van der Waals surface area contributed by atoms with E-state index in [-0.39, 0.29) is 33.7 Å². The van der Waals surface area contributed by atoms with Crippen LogP contribution in [-0.4, -0.2) is 37.7 Å². The molecule has 0 bridgehead atoms. The van der Waals surface area contributed by atoms with Crippen LogP contribution in [0, 0.1) is 12.7 Å². The summed E-state index contributed by atoms with van der Waals surface area (Å²) in [6, 6.07) is 3.68. The third-order valence-electron chi connectivity index (χ3n) is 5.54. The van der Waals surface area contributed by atoms with Crippen LogP contribution in [0.25, 0.3) is 27.8 Å². The Bertz CT molecular complexity index is 1290. The van der Waals surface area contributed by atoms with Crippen molar-refractivity contribution in [3.63, 3.8) is 0 Å². The summed E-state index contributed by atoms with van der Waals surface area (Å²) in [6.07, 6.45) is 0.0814. The molecule has 3 aromatic heterocycles. The molecule has 4 aromatic rings. The van der Waals surface area contributed by atoms with Gasteiger partial charge in [-0.05, 0) is 62.2 Å². The molecule has 0 aliphatic carbocycles. The molecular formula is C21H18F4N6. The van der Waals surface area contributed by atoms with E-state index in [1.165, 1.54) is 28.9 Å². The number of hydrogen-bond acceptors (Lipinski definition) is 5. The Hall–Kier alpha value is -3.14. The summed E-state index contributed by atoms with van der Waals surface area (Å²) in [7, 11) is 0. The van der Waals surface area contributed by atoms with Crippen LogP contribution in [0.15, 0.2) is 30.6 Å². The van der Waals surface area contributed by atoms with Crippen LogP contribution in [0.1, 0.15) is 35.8 Å². The normalized spacial score (nSPS) is 15.8. The van der Waals surface area contributed by atoms with E-state index in [0.29, 0.717) is 11.5 Å². The van der Waals surface area contributed by atoms with Crippen LogP contribution in [0.3, 0.4) is 0 Å². The van der Waals surface area contributed by atoms with E-state index in [4.69, 9.17) is 0 Å². The number of piperidine rings is 1. The number of rotatable bonds is 2. The molecule has 6 nitrogen and oxygen atoms in total. The van der Waals surface area contributed by atoms with Crippen molar-refractivity contribution in [3.05, 3.63) is 53.5 Å². The number of aromatic nitrogens is 5. The number of pyridine rings is 1. The fourth-order valence-electron chi connectivity index (χ4n) is 4.02. The van der Waals surface area contributed by atoms with E-state index in [2.05, 4.69) is 25.5 Å². The standard InChI is InChI=1S/C21H18F4N6/c1-11-9-31-10-14(6-15(20(31)27-11)21(23,24)25)13-7-16(22)18-17(8-13)29-30-19(28-18)12-2-4-26-5-3-12/h6-10,12,26H,2-5H2,1H3. The molecule has 4 heterocycles. The summed E-state index contributed by atoms with van der Waals surface area (Å²) in [4.78, 5) is 8.34. The summed E-state index contributed by atoms with van der Waals surface area (Å²) in [5, 5.41) is 11.5. The molecule has 1 aliphatic heterocycles. The Morgan fingerprint density at radius 2 is 1.77 bits per heavy atom. The molecule has 0 amide bonds. The largest absolute Gasteiger partial charge is 0.420 e. The second-order valence-corrected chi connectivity index (χ2v) is 7.77. The second-order valence-electron chi connectivity index (χ2n) is 7.77. The fraction of sp³-hybridized carbons (Fsp3) is 0.333. The van der Waals surface area contributed by atoms with Crippen molar-refractivity contribution in [1.82, 2.24) is 29.9 Å². The first-order chi connectivity index (χ1) is 14.8. The first-order valence-corrected chi connectivity index (χ1v) is 9.91. The first-order valence-electron chi connectivity index (χ1n) is 9.91. The van der Waals surface area contributed by atoms with E-state index >= 15 is 0 Å². The van der Waals surface area contributed by atoms with Gasteiger partial charge in [-0.1, -0.05) is 0 Å². The van der Waals surface area contributed by atoms with Crippen molar-refractivity contribution >= 4 is 16.7 Å². The van der Waals surface area contributed by atoms with Crippen LogP contribution in [0.2, 0.25) is 0 Å². The Kier molecular flexibility index (Phi) is 4.62. The maximum atomic E-state index is 14.9. The van der Waals surface area contributed by atoms with Gasteiger partial charge < -0.3 is 9.72 Å². The van der Waals surface area contributed by atoms with Crippen molar-refractivity contribution in [2.24, 2.45) is 0 Å². The van der Waals surface area contributed by atoms with Crippen molar-refractivity contribution in [3.8, 4) is 11.1 Å². The highest BCUT2D eigenvalue weighted by molar-refractivity contribution is 5.82. The summed E-state index contributed by atoms with van der Waals surface area (Å²) in [5.41, 5.74) is 0.0998. The molecule has 10 heteroatoms. The number of halogens is 4. The number of alkyl halides is 3. The molecule has 0 saturated carbocycles. The summed E-state index contributed by atoms with van der Waals surface area (Å²) in [5.74, 6) is -0.0400. The molecular weight excluding hydrogens is 412 g/mol. The molecule has 31 heavy (non-hydrogen) atoms. The van der Waals surface area contributed by atoms with Crippen LogP contribution in [0.5, 0.6) is 0 Å². The quantitative estimate of drug-likeness (QED) is 0.481. The van der Waals surface area contributed by atoms with Gasteiger partial charge in [0.1, 0.15) is 16.7 Å². The summed E-state index contributed by atoms with van der Waals surface area (Å²) in [6.45, 7) is 3.29. The average molecular weight is 430 g/mol. The minimum absolute atomic E-state index is 0.0721. The topological polar surface area (TPSA) is 68.0 Å². The number of benzene rings is 1. The minimum atomic E-state index is -4.60. The molecule has 1 fully saturated rings. The van der Waals surface area contributed by atoms with Crippen molar-refractivity contribution in [2.45, 2.75) is 31.9 Å². The lowest BCUT2D eigenvalue weighted by molar-refractivity contribution is -0.136. The zero-order valence-electron chi connectivity index (χ0n) is 16.5. The highest BCUT2D eigenvalue weighted by Gasteiger charge is 2.34. The molecule has 0 unspecified atom stereocenters. The fourth-order valence-corrected chi connectivity index (χ4v) is 4.02. The predicted octanol–water partition coefficient (Wildman–Crippen LogP) is 4.27. The Morgan fingerprint density at radius 3 is 2.52 bits per heavy atom. The monoisotopic (exact) mass is 430 g/mol. The zero-order valence-corrected chi connectivity index (χ0v) is 16.5. The molecule has 0 radical (unpaired) electrons. The van der Waals surface area contributed by atoms with Gasteiger partial charge in [-0.15, -0.1) is 10.2 Å². The molecule has 1 aromatic carbocycles. The Labute approximate surface area is 174 Å². The van der Waals surface area contributed by atoms with Crippen LogP contribution in [0.4, 0.5) is 17.6 Å². The van der Waals surface area contributed by atoms with Gasteiger partial charge in [-0.2, -0.15) is 13.2 Å². The van der Waals surface area contributed by atoms with Crippen molar-refractivity contribution in [1.29, 1.82) is 0 Å². The van der Waals surface area contributed by atoms with Crippen LogP contribution < -0.4 is 5.32 Å². The molecule has 160 valence electrons. The lowest BCUT2D eigenvalue weighted by atomic mass is 9.97. The lowest BCUT2D eigenvalue weighted by Crippen LogP contribution is -2.27. The Morgan fingerprint density at radius 1 is 1.00 bits per heavy atom. The highest BCUT2D eigenvalue weighted by Crippen LogP contribution is 2.36. The molecule has 1 aliphatic rings. The SMILES string of the molecule is Cc1cn2cc(-c3cc(F)c4nc(C5CCNCC5)nnc4c3)cc(C(F)(F)F)c2n1. The van der Waals surface area contributed by atoms with Gasteiger partial charge in [-0.3, -0.25) is 0 Å². The smallest absolute Gasteiger partial charge is 0.317 e. The van der Waals surface area contributed by atoms with Crippen LogP contribution in [-0.2, 0) is 6.18 Å². The van der Waals surface area contributed by atoms with Crippen molar-refractivity contribution in [2.75, 3.05) is 13.1 Å². The van der Waals surface area contributed by atoms with Gasteiger partial charge >= 0.3 is 6.18 Å². The number of aryl methyl sites for hydroxylation is 1. The zero-order chi connectivity index (χ0) is 21.8. The van der Waals surface area contributed by atoms with Crippen LogP contribution >= 0.6 is 0 Å². The minimum Gasteiger partial charge on any atom is -0.317 e. The second kappa shape index (κ2) is 7.23. The highest BCUT2D eigenvalue weighted by atomic mass is 19.4. The van der Waals surface area contributed by atoms with Crippen molar-refractivity contribution < 1.29 is 17.6 Å². The van der Waals surface area contributed by atoms with E-state index < -0.39 is 17.6 Å². The van der Waals surface area contributed by atoms with E-state index in [1.807, 2.05) is 0 Å². The lowest BCUT2D eigenvalue weighted by Gasteiger charge is -2.20. The van der Waals surface area contributed by atoms with Gasteiger partial charge in [-0.25, -0.2) is 14.4 Å². The molecule has 5 rings (SSSR count). The maximum absolute atomic E-state index is 14.9. The number of fused-ring (bicyclic) bond motifs is 2. The molecule has 1 saturated heterocycles. The molecule has 0 spiro atoms. The van der Waals surface area contributed by atoms with E-state index in [1.54, 1.807) is 6.92 Å². The number of nitrogens with one attached hydrogen (secondary N) is 1. The van der Waals surface area contributed by atoms with Gasteiger partial charge in [0.05, 0.1) is 11.3 Å². The van der Waals surface area contributed by atoms with E-state index in [0.717, 1.165) is 32.0 Å². The average Bonchev–Trinajstić information content (AvgIpc) is 3.12. The number of hydrogen-bond donors (Lipinski definition) is 1. The molecule has 1 N–H and O–H groups in total. The van der Waals surface area contributed by atoms with E-state index in [9.17, 15) is 17.6 Å². The Balaban J connectivity index is 1.62. The summed E-state index contributed by atoms with van der Waals surface area (Å²) >= 11 is 0.